The van der Waals surface area contributed by atoms with E-state index in [1.54, 1.807) is 0 Å². The fourth-order valence-corrected chi connectivity index (χ4v) is 2.23. The summed E-state index contributed by atoms with van der Waals surface area (Å²) in [6, 6.07) is 6.00. The molecule has 0 spiro atoms. The maximum absolute atomic E-state index is 11.6. The van der Waals surface area contributed by atoms with E-state index in [4.69, 9.17) is 4.74 Å². The smallest absolute Gasteiger partial charge is 0.314 e. The molecule has 0 aromatic heterocycles. The van der Waals surface area contributed by atoms with E-state index in [0.717, 1.165) is 6.42 Å². The van der Waals surface area contributed by atoms with Crippen molar-refractivity contribution < 1.29 is 14.6 Å². The molecule has 0 saturated carbocycles. The van der Waals surface area contributed by atoms with Crippen molar-refractivity contribution in [1.29, 1.82) is 0 Å². The van der Waals surface area contributed by atoms with Crippen molar-refractivity contribution in [3.05, 3.63) is 34.9 Å². The number of nitrogens with one attached hydrogen (secondary N) is 2. The van der Waals surface area contributed by atoms with Crippen LogP contribution in [0.4, 0.5) is 4.79 Å². The lowest BCUT2D eigenvalue weighted by atomic mass is 10.0. The number of hydrogen-bond acceptors (Lipinski definition) is 3. The Kier molecular flexibility index (Phi) is 7.79. The van der Waals surface area contributed by atoms with Crippen molar-refractivity contribution in [3.8, 4) is 0 Å². The quantitative estimate of drug-likeness (QED) is 0.681. The third kappa shape index (κ3) is 6.60. The number of aliphatic hydroxyl groups is 1. The van der Waals surface area contributed by atoms with Crippen molar-refractivity contribution in [2.24, 2.45) is 0 Å². The molecule has 5 heteroatoms. The molecular formula is C16H26N2O3. The van der Waals surface area contributed by atoms with Gasteiger partial charge in [0.25, 0.3) is 0 Å². The molecule has 5 nitrogen and oxygen atoms in total. The molecule has 0 aliphatic carbocycles. The van der Waals surface area contributed by atoms with Crippen LogP contribution < -0.4 is 10.6 Å². The standard InChI is InChI=1S/C16H26N2O3/c1-12-5-4-6-13(2)15(12)8-10-18-16(20)17-9-7-14(19)11-21-3/h4-6,14,19H,7-11H2,1-3H3,(H2,17,18,20). The number of methoxy groups -OCH3 is 1. The summed E-state index contributed by atoms with van der Waals surface area (Å²) in [7, 11) is 1.54. The van der Waals surface area contributed by atoms with Crippen molar-refractivity contribution in [2.75, 3.05) is 26.8 Å². The van der Waals surface area contributed by atoms with Crippen molar-refractivity contribution in [2.45, 2.75) is 32.8 Å². The highest BCUT2D eigenvalue weighted by Crippen LogP contribution is 2.13. The van der Waals surface area contributed by atoms with Crippen LogP contribution >= 0.6 is 0 Å². The van der Waals surface area contributed by atoms with Crippen LogP contribution in [0.2, 0.25) is 0 Å². The number of carbonyl (C=O) groups is 1. The van der Waals surface area contributed by atoms with E-state index in [1.165, 1.54) is 23.8 Å². The zero-order valence-electron chi connectivity index (χ0n) is 13.1. The Labute approximate surface area is 126 Å². The zero-order valence-corrected chi connectivity index (χ0v) is 13.1. The zero-order chi connectivity index (χ0) is 15.7. The lowest BCUT2D eigenvalue weighted by molar-refractivity contribution is 0.0599. The predicted molar refractivity (Wildman–Crippen MR) is 83.5 cm³/mol. The Morgan fingerprint density at radius 3 is 2.48 bits per heavy atom. The van der Waals surface area contributed by atoms with Gasteiger partial charge < -0.3 is 20.5 Å². The minimum atomic E-state index is -0.537. The summed E-state index contributed by atoms with van der Waals surface area (Å²) in [5, 5.41) is 15.0. The molecule has 1 atom stereocenters. The monoisotopic (exact) mass is 294 g/mol. The Morgan fingerprint density at radius 2 is 1.86 bits per heavy atom. The Hall–Kier alpha value is -1.59. The first kappa shape index (κ1) is 17.5. The van der Waals surface area contributed by atoms with E-state index < -0.39 is 6.10 Å². The summed E-state index contributed by atoms with van der Waals surface area (Å²) in [5.74, 6) is 0. The normalized spacial score (nSPS) is 12.0. The molecule has 3 N–H and O–H groups in total. The number of ether oxygens (including phenoxy) is 1. The first-order valence-electron chi connectivity index (χ1n) is 7.28. The molecule has 0 aliphatic heterocycles. The second-order valence-corrected chi connectivity index (χ2v) is 5.20. The van der Waals surface area contributed by atoms with Crippen LogP contribution in [0.5, 0.6) is 0 Å². The number of rotatable bonds is 8. The van der Waals surface area contributed by atoms with Crippen LogP contribution in [0.1, 0.15) is 23.1 Å². The number of aryl methyl sites for hydroxylation is 2. The molecule has 1 unspecified atom stereocenters. The molecule has 1 rings (SSSR count). The predicted octanol–water partition coefficient (Wildman–Crippen LogP) is 1.54. The average Bonchev–Trinajstić information content (AvgIpc) is 2.42. The van der Waals surface area contributed by atoms with Gasteiger partial charge in [0, 0.05) is 20.2 Å². The highest BCUT2D eigenvalue weighted by molar-refractivity contribution is 5.73. The Bertz CT molecular complexity index is 429. The van der Waals surface area contributed by atoms with Crippen molar-refractivity contribution in [3.63, 3.8) is 0 Å². The van der Waals surface area contributed by atoms with Gasteiger partial charge in [0.05, 0.1) is 12.7 Å². The number of carbonyl (C=O) groups excluding carboxylic acids is 1. The molecule has 0 bridgehead atoms. The highest BCUT2D eigenvalue weighted by Gasteiger charge is 2.06. The molecule has 0 saturated heterocycles. The molecule has 1 aromatic rings. The summed E-state index contributed by atoms with van der Waals surface area (Å²) in [5.41, 5.74) is 3.79. The minimum absolute atomic E-state index is 0.203. The van der Waals surface area contributed by atoms with Crippen molar-refractivity contribution >= 4 is 6.03 Å². The van der Waals surface area contributed by atoms with Gasteiger partial charge >= 0.3 is 6.03 Å². The SMILES string of the molecule is COCC(O)CCNC(=O)NCCc1c(C)cccc1C. The van der Waals surface area contributed by atoms with Crippen LogP contribution in [-0.2, 0) is 11.2 Å². The lowest BCUT2D eigenvalue weighted by Gasteiger charge is -2.12. The first-order valence-corrected chi connectivity index (χ1v) is 7.28. The number of benzene rings is 1. The summed E-state index contributed by atoms with van der Waals surface area (Å²) in [4.78, 5) is 11.6. The lowest BCUT2D eigenvalue weighted by Crippen LogP contribution is -2.38. The molecule has 0 heterocycles. The molecule has 2 amide bonds. The maximum Gasteiger partial charge on any atom is 0.314 e. The second kappa shape index (κ2) is 9.37. The summed E-state index contributed by atoms with van der Waals surface area (Å²) in [6.45, 7) is 5.48. The average molecular weight is 294 g/mol. The molecule has 0 radical (unpaired) electrons. The first-order chi connectivity index (χ1) is 10.0. The summed E-state index contributed by atoms with van der Waals surface area (Å²) in [6.07, 6.45) is 0.765. The Balaban J connectivity index is 2.22. The largest absolute Gasteiger partial charge is 0.391 e. The summed E-state index contributed by atoms with van der Waals surface area (Å²) >= 11 is 0. The number of aliphatic hydroxyl groups excluding tert-OH is 1. The van der Waals surface area contributed by atoms with E-state index >= 15 is 0 Å². The van der Waals surface area contributed by atoms with Crippen LogP contribution in [0.25, 0.3) is 0 Å². The number of amides is 2. The topological polar surface area (TPSA) is 70.6 Å². The molecule has 1 aromatic carbocycles. The van der Waals surface area contributed by atoms with Crippen LogP contribution in [0.3, 0.4) is 0 Å². The van der Waals surface area contributed by atoms with E-state index in [1.807, 2.05) is 6.07 Å². The van der Waals surface area contributed by atoms with E-state index in [9.17, 15) is 9.90 Å². The van der Waals surface area contributed by atoms with Gasteiger partial charge in [0.2, 0.25) is 0 Å². The number of hydrogen-bond donors (Lipinski definition) is 3. The van der Waals surface area contributed by atoms with Gasteiger partial charge in [-0.25, -0.2) is 4.79 Å². The van der Waals surface area contributed by atoms with Crippen LogP contribution in [-0.4, -0.2) is 44.0 Å². The fourth-order valence-electron chi connectivity index (χ4n) is 2.23. The fraction of sp³-hybridized carbons (Fsp3) is 0.562. The van der Waals surface area contributed by atoms with Gasteiger partial charge in [-0.1, -0.05) is 18.2 Å². The minimum Gasteiger partial charge on any atom is -0.391 e. The summed E-state index contributed by atoms with van der Waals surface area (Å²) < 4.78 is 4.82. The molecule has 0 aliphatic rings. The van der Waals surface area contributed by atoms with Gasteiger partial charge in [-0.15, -0.1) is 0 Å². The van der Waals surface area contributed by atoms with Gasteiger partial charge in [0.15, 0.2) is 0 Å². The third-order valence-corrected chi connectivity index (χ3v) is 3.43. The third-order valence-electron chi connectivity index (χ3n) is 3.43. The van der Waals surface area contributed by atoms with E-state index in [0.29, 0.717) is 19.5 Å². The van der Waals surface area contributed by atoms with Gasteiger partial charge in [0.1, 0.15) is 0 Å². The molecule has 0 fully saturated rings. The van der Waals surface area contributed by atoms with Gasteiger partial charge in [-0.05, 0) is 43.4 Å². The van der Waals surface area contributed by atoms with Crippen LogP contribution in [0, 0.1) is 13.8 Å². The maximum atomic E-state index is 11.6. The van der Waals surface area contributed by atoms with Crippen LogP contribution in [0.15, 0.2) is 18.2 Å². The second-order valence-electron chi connectivity index (χ2n) is 5.20. The van der Waals surface area contributed by atoms with E-state index in [-0.39, 0.29) is 12.6 Å². The molecular weight excluding hydrogens is 268 g/mol. The van der Waals surface area contributed by atoms with Gasteiger partial charge in [-0.3, -0.25) is 0 Å². The molecule has 21 heavy (non-hydrogen) atoms. The van der Waals surface area contributed by atoms with Gasteiger partial charge in [-0.2, -0.15) is 0 Å². The molecule has 118 valence electrons. The highest BCUT2D eigenvalue weighted by atomic mass is 16.5. The Morgan fingerprint density at radius 1 is 1.24 bits per heavy atom. The van der Waals surface area contributed by atoms with Crippen molar-refractivity contribution in [1.82, 2.24) is 10.6 Å². The number of urea groups is 1. The van der Waals surface area contributed by atoms with E-state index in [2.05, 4.69) is 36.6 Å².